The zero-order chi connectivity index (χ0) is 19.9. The highest BCUT2D eigenvalue weighted by Crippen LogP contribution is 2.21. The Kier molecular flexibility index (Phi) is 7.05. The second kappa shape index (κ2) is 9.70. The maximum absolute atomic E-state index is 5.92. The van der Waals surface area contributed by atoms with Crippen molar-refractivity contribution < 1.29 is 0 Å². The predicted molar refractivity (Wildman–Crippen MR) is 113 cm³/mol. The predicted octanol–water partition coefficient (Wildman–Crippen LogP) is 3.90. The van der Waals surface area contributed by atoms with E-state index < -0.39 is 0 Å². The highest BCUT2D eigenvalue weighted by atomic mass is 35.5. The van der Waals surface area contributed by atoms with Crippen molar-refractivity contribution in [2.75, 3.05) is 23.7 Å². The molecular formula is C18H23ClN8S. The van der Waals surface area contributed by atoms with Crippen molar-refractivity contribution in [3.8, 4) is 5.95 Å². The Morgan fingerprint density at radius 3 is 2.46 bits per heavy atom. The quantitative estimate of drug-likeness (QED) is 0.505. The van der Waals surface area contributed by atoms with Crippen molar-refractivity contribution in [3.63, 3.8) is 0 Å². The van der Waals surface area contributed by atoms with E-state index in [0.29, 0.717) is 35.5 Å². The zero-order valence-corrected chi connectivity index (χ0v) is 17.6. The Labute approximate surface area is 173 Å². The molecule has 0 amide bonds. The zero-order valence-electron chi connectivity index (χ0n) is 16.1. The number of hydrogen-bond donors (Lipinski definition) is 2. The van der Waals surface area contributed by atoms with Crippen molar-refractivity contribution in [1.82, 2.24) is 29.7 Å². The van der Waals surface area contributed by atoms with Crippen LogP contribution >= 0.6 is 23.4 Å². The molecule has 0 fully saturated rings. The summed E-state index contributed by atoms with van der Waals surface area (Å²) in [7, 11) is 0. The Morgan fingerprint density at radius 2 is 1.79 bits per heavy atom. The highest BCUT2D eigenvalue weighted by molar-refractivity contribution is 7.98. The standard InChI is InChI=1S/C18H23ClN8S/c1-4-20-15-23-16(21-9-12(2)3)25-17(24-15)27-11-22-18(26-27)28-10-13-5-7-14(19)8-6-13/h5-8,11-12H,4,9-10H2,1-3H3,(H2,20,21,23,24,25). The van der Waals surface area contributed by atoms with Gasteiger partial charge in [-0.1, -0.05) is 49.3 Å². The van der Waals surface area contributed by atoms with Gasteiger partial charge in [-0.05, 0) is 30.5 Å². The van der Waals surface area contributed by atoms with Gasteiger partial charge in [-0.25, -0.2) is 4.98 Å². The molecule has 1 aromatic carbocycles. The molecule has 28 heavy (non-hydrogen) atoms. The van der Waals surface area contributed by atoms with Crippen molar-refractivity contribution in [1.29, 1.82) is 0 Å². The van der Waals surface area contributed by atoms with Gasteiger partial charge in [0.2, 0.25) is 17.1 Å². The molecular weight excluding hydrogens is 396 g/mol. The first kappa shape index (κ1) is 20.3. The van der Waals surface area contributed by atoms with E-state index in [4.69, 9.17) is 11.6 Å². The van der Waals surface area contributed by atoms with Gasteiger partial charge in [-0.2, -0.15) is 19.6 Å². The van der Waals surface area contributed by atoms with E-state index >= 15 is 0 Å². The van der Waals surface area contributed by atoms with E-state index in [9.17, 15) is 0 Å². The summed E-state index contributed by atoms with van der Waals surface area (Å²) in [5, 5.41) is 12.2. The summed E-state index contributed by atoms with van der Waals surface area (Å²) in [6.45, 7) is 7.73. The van der Waals surface area contributed by atoms with Crippen LogP contribution in [0.25, 0.3) is 5.95 Å². The number of benzene rings is 1. The monoisotopic (exact) mass is 418 g/mol. The minimum Gasteiger partial charge on any atom is -0.354 e. The number of nitrogens with zero attached hydrogens (tertiary/aromatic N) is 6. The highest BCUT2D eigenvalue weighted by Gasteiger charge is 2.11. The summed E-state index contributed by atoms with van der Waals surface area (Å²) in [5.41, 5.74) is 1.15. The summed E-state index contributed by atoms with van der Waals surface area (Å²) in [5.74, 6) is 2.67. The summed E-state index contributed by atoms with van der Waals surface area (Å²) >= 11 is 7.46. The van der Waals surface area contributed by atoms with Gasteiger partial charge in [0.15, 0.2) is 0 Å². The summed E-state index contributed by atoms with van der Waals surface area (Å²) in [6, 6.07) is 7.74. The molecule has 0 atom stereocenters. The van der Waals surface area contributed by atoms with Gasteiger partial charge < -0.3 is 10.6 Å². The largest absolute Gasteiger partial charge is 0.354 e. The minimum atomic E-state index is 0.419. The second-order valence-corrected chi connectivity index (χ2v) is 7.85. The minimum absolute atomic E-state index is 0.419. The average Bonchev–Trinajstić information content (AvgIpc) is 3.15. The number of nitrogens with one attached hydrogen (secondary N) is 2. The van der Waals surface area contributed by atoms with Crippen LogP contribution in [-0.4, -0.2) is 42.8 Å². The Morgan fingerprint density at radius 1 is 1.07 bits per heavy atom. The van der Waals surface area contributed by atoms with E-state index in [-0.39, 0.29) is 0 Å². The Balaban J connectivity index is 1.74. The van der Waals surface area contributed by atoms with Gasteiger partial charge in [-0.15, -0.1) is 5.10 Å². The molecule has 0 saturated heterocycles. The molecule has 0 radical (unpaired) electrons. The lowest BCUT2D eigenvalue weighted by Gasteiger charge is -2.10. The molecule has 0 unspecified atom stereocenters. The first-order valence-corrected chi connectivity index (χ1v) is 10.4. The van der Waals surface area contributed by atoms with Crippen LogP contribution in [0.5, 0.6) is 0 Å². The van der Waals surface area contributed by atoms with Crippen LogP contribution in [0.1, 0.15) is 26.3 Å². The number of anilines is 2. The van der Waals surface area contributed by atoms with E-state index in [0.717, 1.165) is 22.9 Å². The summed E-state index contributed by atoms with van der Waals surface area (Å²) in [4.78, 5) is 17.6. The molecule has 8 nitrogen and oxygen atoms in total. The first-order valence-electron chi connectivity index (χ1n) is 9.06. The molecule has 10 heteroatoms. The number of halogens is 1. The summed E-state index contributed by atoms with van der Waals surface area (Å²) < 4.78 is 1.56. The molecule has 0 aliphatic carbocycles. The van der Waals surface area contributed by atoms with Gasteiger partial charge in [-0.3, -0.25) is 0 Å². The molecule has 2 N–H and O–H groups in total. The molecule has 0 spiro atoms. The first-order chi connectivity index (χ1) is 13.5. The molecule has 2 heterocycles. The van der Waals surface area contributed by atoms with Crippen LogP contribution in [0.2, 0.25) is 5.02 Å². The maximum atomic E-state index is 5.92. The van der Waals surface area contributed by atoms with E-state index in [2.05, 4.69) is 49.5 Å². The lowest BCUT2D eigenvalue weighted by molar-refractivity contribution is 0.681. The molecule has 3 aromatic rings. The van der Waals surface area contributed by atoms with Gasteiger partial charge in [0, 0.05) is 23.9 Å². The van der Waals surface area contributed by atoms with Crippen molar-refractivity contribution in [2.24, 2.45) is 5.92 Å². The number of rotatable bonds is 9. The Bertz CT molecular complexity index is 897. The molecule has 148 valence electrons. The van der Waals surface area contributed by atoms with E-state index in [1.54, 1.807) is 11.0 Å². The van der Waals surface area contributed by atoms with Crippen LogP contribution < -0.4 is 10.6 Å². The maximum Gasteiger partial charge on any atom is 0.258 e. The number of thioether (sulfide) groups is 1. The fourth-order valence-electron chi connectivity index (χ4n) is 2.22. The van der Waals surface area contributed by atoms with Gasteiger partial charge in [0.25, 0.3) is 5.95 Å². The normalized spacial score (nSPS) is 11.0. The topological polar surface area (TPSA) is 93.4 Å². The lowest BCUT2D eigenvalue weighted by atomic mass is 10.2. The van der Waals surface area contributed by atoms with Gasteiger partial charge >= 0.3 is 0 Å². The van der Waals surface area contributed by atoms with Crippen molar-refractivity contribution >= 4 is 35.3 Å². The van der Waals surface area contributed by atoms with Crippen molar-refractivity contribution in [2.45, 2.75) is 31.7 Å². The fraction of sp³-hybridized carbons (Fsp3) is 0.389. The van der Waals surface area contributed by atoms with Crippen LogP contribution in [0, 0.1) is 5.92 Å². The van der Waals surface area contributed by atoms with E-state index in [1.807, 2.05) is 31.2 Å². The van der Waals surface area contributed by atoms with Crippen LogP contribution in [0.3, 0.4) is 0 Å². The molecule has 0 aliphatic rings. The van der Waals surface area contributed by atoms with Gasteiger partial charge in [0.05, 0.1) is 0 Å². The van der Waals surface area contributed by atoms with Crippen LogP contribution in [-0.2, 0) is 5.75 Å². The second-order valence-electron chi connectivity index (χ2n) is 6.47. The third-order valence-electron chi connectivity index (χ3n) is 3.58. The Hall–Kier alpha value is -2.39. The molecule has 0 saturated carbocycles. The average molecular weight is 419 g/mol. The van der Waals surface area contributed by atoms with Crippen molar-refractivity contribution in [3.05, 3.63) is 41.2 Å². The molecule has 2 aromatic heterocycles. The smallest absolute Gasteiger partial charge is 0.258 e. The SMILES string of the molecule is CCNc1nc(NCC(C)C)nc(-n2cnc(SCc3ccc(Cl)cc3)n2)n1. The number of aromatic nitrogens is 6. The third kappa shape index (κ3) is 5.80. The summed E-state index contributed by atoms with van der Waals surface area (Å²) in [6.07, 6.45) is 1.61. The van der Waals surface area contributed by atoms with Crippen LogP contribution in [0.15, 0.2) is 35.7 Å². The molecule has 3 rings (SSSR count). The van der Waals surface area contributed by atoms with Gasteiger partial charge in [0.1, 0.15) is 6.33 Å². The fourth-order valence-corrected chi connectivity index (χ4v) is 3.10. The molecule has 0 bridgehead atoms. The van der Waals surface area contributed by atoms with E-state index in [1.165, 1.54) is 11.8 Å². The lowest BCUT2D eigenvalue weighted by Crippen LogP contribution is -2.15. The molecule has 0 aliphatic heterocycles. The third-order valence-corrected chi connectivity index (χ3v) is 4.76. The van der Waals surface area contributed by atoms with Crippen LogP contribution in [0.4, 0.5) is 11.9 Å². The number of hydrogen-bond acceptors (Lipinski definition) is 8.